The highest BCUT2D eigenvalue weighted by atomic mass is 32.1. The van der Waals surface area contributed by atoms with Gasteiger partial charge in [-0.1, -0.05) is 35.9 Å². The van der Waals surface area contributed by atoms with Crippen LogP contribution in [0.15, 0.2) is 65.3 Å². The fourth-order valence-corrected chi connectivity index (χ4v) is 3.46. The van der Waals surface area contributed by atoms with Gasteiger partial charge in [-0.25, -0.2) is 14.3 Å². The van der Waals surface area contributed by atoms with Gasteiger partial charge < -0.3 is 0 Å². The van der Waals surface area contributed by atoms with E-state index in [4.69, 9.17) is 0 Å². The number of thiophene rings is 1. The van der Waals surface area contributed by atoms with Crippen LogP contribution in [0.5, 0.6) is 0 Å². The number of aryl methyl sites for hydroxylation is 1. The maximum absolute atomic E-state index is 12.9. The molecule has 0 amide bonds. The van der Waals surface area contributed by atoms with Gasteiger partial charge in [0.05, 0.1) is 5.69 Å². The van der Waals surface area contributed by atoms with Crippen LogP contribution in [0.4, 0.5) is 0 Å². The number of nitrogens with zero attached hydrogens (tertiary/aromatic N) is 5. The molecule has 0 aliphatic carbocycles. The summed E-state index contributed by atoms with van der Waals surface area (Å²) in [5, 5.41) is 10.7. The van der Waals surface area contributed by atoms with Crippen molar-refractivity contribution < 1.29 is 0 Å². The second kappa shape index (κ2) is 7.05. The molecule has 0 fully saturated rings. The van der Waals surface area contributed by atoms with Gasteiger partial charge >= 0.3 is 0 Å². The van der Waals surface area contributed by atoms with Crippen molar-refractivity contribution in [1.29, 1.82) is 0 Å². The van der Waals surface area contributed by atoms with Gasteiger partial charge in [0.15, 0.2) is 0 Å². The Labute approximate surface area is 154 Å². The van der Waals surface area contributed by atoms with Gasteiger partial charge in [0.1, 0.15) is 19.3 Å². The van der Waals surface area contributed by atoms with E-state index < -0.39 is 0 Å². The van der Waals surface area contributed by atoms with Crippen LogP contribution in [0.1, 0.15) is 16.0 Å². The monoisotopic (exact) mass is 363 g/mol. The Morgan fingerprint density at radius 1 is 1.15 bits per heavy atom. The topological polar surface area (TPSA) is 65.6 Å². The van der Waals surface area contributed by atoms with Crippen molar-refractivity contribution in [3.8, 4) is 11.3 Å². The first-order valence-electron chi connectivity index (χ1n) is 8.22. The Kier molecular flexibility index (Phi) is 4.45. The number of hydrogen-bond acceptors (Lipinski definition) is 5. The fraction of sp³-hybridized carbons (Fsp3) is 0.158. The van der Waals surface area contributed by atoms with E-state index in [0.29, 0.717) is 6.42 Å². The molecule has 0 aliphatic rings. The number of hydrogen-bond donors (Lipinski definition) is 0. The second-order valence-corrected chi connectivity index (χ2v) is 7.09. The Morgan fingerprint density at radius 2 is 2.00 bits per heavy atom. The van der Waals surface area contributed by atoms with Crippen LogP contribution in [-0.2, 0) is 13.1 Å². The SMILES string of the molecule is Cc1ccc(-c2cc(Cc3cccs3)c(=O)n(Cn3cncn3)n2)cc1. The summed E-state index contributed by atoms with van der Waals surface area (Å²) in [5.74, 6) is 0. The van der Waals surface area contributed by atoms with Crippen LogP contribution >= 0.6 is 11.3 Å². The lowest BCUT2D eigenvalue weighted by molar-refractivity contribution is 0.479. The zero-order valence-electron chi connectivity index (χ0n) is 14.2. The largest absolute Gasteiger partial charge is 0.272 e. The normalized spacial score (nSPS) is 11.0. The van der Waals surface area contributed by atoms with E-state index in [-0.39, 0.29) is 12.2 Å². The molecule has 0 atom stereocenters. The molecule has 0 unspecified atom stereocenters. The molecule has 0 aliphatic heterocycles. The average molecular weight is 363 g/mol. The Bertz CT molecular complexity index is 990. The molecule has 3 heterocycles. The minimum absolute atomic E-state index is 0.107. The van der Waals surface area contributed by atoms with Crippen LogP contribution < -0.4 is 5.56 Å². The zero-order valence-corrected chi connectivity index (χ0v) is 15.1. The third kappa shape index (κ3) is 3.48. The molecule has 0 saturated heterocycles. The molecular formula is C19H17N5OS. The molecule has 0 radical (unpaired) electrons. The molecule has 4 rings (SSSR count). The van der Waals surface area contributed by atoms with Gasteiger partial charge in [0.25, 0.3) is 5.56 Å². The predicted molar refractivity (Wildman–Crippen MR) is 101 cm³/mol. The van der Waals surface area contributed by atoms with Crippen molar-refractivity contribution in [2.24, 2.45) is 0 Å². The highest BCUT2D eigenvalue weighted by molar-refractivity contribution is 7.09. The molecule has 3 aromatic heterocycles. The van der Waals surface area contributed by atoms with Crippen LogP contribution in [0.3, 0.4) is 0 Å². The van der Waals surface area contributed by atoms with E-state index >= 15 is 0 Å². The third-order valence-electron chi connectivity index (χ3n) is 4.09. The van der Waals surface area contributed by atoms with Gasteiger partial charge in [0.2, 0.25) is 0 Å². The smallest absolute Gasteiger partial charge is 0.267 e. The minimum Gasteiger partial charge on any atom is -0.267 e. The summed E-state index contributed by atoms with van der Waals surface area (Å²) in [5.41, 5.74) is 3.55. The molecule has 26 heavy (non-hydrogen) atoms. The van der Waals surface area contributed by atoms with Crippen molar-refractivity contribution in [3.05, 3.63) is 86.9 Å². The van der Waals surface area contributed by atoms with Crippen molar-refractivity contribution in [3.63, 3.8) is 0 Å². The maximum Gasteiger partial charge on any atom is 0.272 e. The van der Waals surface area contributed by atoms with E-state index in [9.17, 15) is 4.79 Å². The molecule has 1 aromatic carbocycles. The first kappa shape index (κ1) is 16.4. The van der Waals surface area contributed by atoms with Gasteiger partial charge in [0, 0.05) is 22.4 Å². The van der Waals surface area contributed by atoms with E-state index in [2.05, 4.69) is 15.2 Å². The fourth-order valence-electron chi connectivity index (χ4n) is 2.73. The first-order valence-corrected chi connectivity index (χ1v) is 9.10. The summed E-state index contributed by atoms with van der Waals surface area (Å²) in [6.45, 7) is 2.28. The molecule has 0 N–H and O–H groups in total. The highest BCUT2D eigenvalue weighted by Gasteiger charge is 2.12. The Morgan fingerprint density at radius 3 is 2.69 bits per heavy atom. The van der Waals surface area contributed by atoms with E-state index in [1.54, 1.807) is 22.3 Å². The molecule has 130 valence electrons. The molecule has 4 aromatic rings. The van der Waals surface area contributed by atoms with Crippen molar-refractivity contribution >= 4 is 11.3 Å². The minimum atomic E-state index is -0.107. The van der Waals surface area contributed by atoms with E-state index in [1.165, 1.54) is 16.6 Å². The molecule has 0 saturated carbocycles. The lowest BCUT2D eigenvalue weighted by atomic mass is 10.1. The number of rotatable bonds is 5. The predicted octanol–water partition coefficient (Wildman–Crippen LogP) is 2.97. The lowest BCUT2D eigenvalue weighted by Gasteiger charge is -2.11. The summed E-state index contributed by atoms with van der Waals surface area (Å²) in [6.07, 6.45) is 3.61. The van der Waals surface area contributed by atoms with Crippen molar-refractivity contribution in [2.45, 2.75) is 20.0 Å². The highest BCUT2D eigenvalue weighted by Crippen LogP contribution is 2.19. The third-order valence-corrected chi connectivity index (χ3v) is 4.96. The second-order valence-electron chi connectivity index (χ2n) is 6.06. The first-order chi connectivity index (χ1) is 12.7. The summed E-state index contributed by atoms with van der Waals surface area (Å²) in [7, 11) is 0. The Balaban J connectivity index is 1.80. The zero-order chi connectivity index (χ0) is 17.9. The van der Waals surface area contributed by atoms with E-state index in [1.807, 2.05) is 54.8 Å². The summed E-state index contributed by atoms with van der Waals surface area (Å²) < 4.78 is 3.04. The van der Waals surface area contributed by atoms with Crippen LogP contribution in [0.2, 0.25) is 0 Å². The van der Waals surface area contributed by atoms with Gasteiger partial charge in [-0.15, -0.1) is 11.3 Å². The molecule has 7 heteroatoms. The standard InChI is InChI=1S/C19H17N5OS/c1-14-4-6-15(7-5-14)18-10-16(9-17-3-2-8-26-17)19(25)24(22-18)13-23-12-20-11-21-23/h2-8,10-12H,9,13H2,1H3. The summed E-state index contributed by atoms with van der Waals surface area (Å²) in [6, 6.07) is 14.1. The van der Waals surface area contributed by atoms with Gasteiger partial charge in [-0.05, 0) is 24.4 Å². The van der Waals surface area contributed by atoms with Crippen LogP contribution in [0, 0.1) is 6.92 Å². The lowest BCUT2D eigenvalue weighted by Crippen LogP contribution is -2.29. The summed E-state index contributed by atoms with van der Waals surface area (Å²) >= 11 is 1.65. The molecular weight excluding hydrogens is 346 g/mol. The summed E-state index contributed by atoms with van der Waals surface area (Å²) in [4.78, 5) is 18.0. The molecule has 0 spiro atoms. The quantitative estimate of drug-likeness (QED) is 0.547. The average Bonchev–Trinajstić information content (AvgIpc) is 3.33. The van der Waals surface area contributed by atoms with Crippen molar-refractivity contribution in [2.75, 3.05) is 0 Å². The van der Waals surface area contributed by atoms with Crippen molar-refractivity contribution in [1.82, 2.24) is 24.5 Å². The van der Waals surface area contributed by atoms with Gasteiger partial charge in [-0.2, -0.15) is 10.2 Å². The van der Waals surface area contributed by atoms with Gasteiger partial charge in [-0.3, -0.25) is 4.79 Å². The maximum atomic E-state index is 12.9. The molecule has 0 bridgehead atoms. The van der Waals surface area contributed by atoms with Crippen LogP contribution in [0.25, 0.3) is 11.3 Å². The molecule has 6 nitrogen and oxygen atoms in total. The van der Waals surface area contributed by atoms with E-state index in [0.717, 1.165) is 21.7 Å². The Hall–Kier alpha value is -3.06. The number of aromatic nitrogens is 5. The number of benzene rings is 1. The van der Waals surface area contributed by atoms with Crippen LogP contribution in [-0.4, -0.2) is 24.5 Å².